The van der Waals surface area contributed by atoms with Crippen molar-refractivity contribution >= 4 is 7.26 Å². The van der Waals surface area contributed by atoms with Gasteiger partial charge >= 0.3 is 0 Å². The van der Waals surface area contributed by atoms with E-state index in [0.717, 1.165) is 5.66 Å². The van der Waals surface area contributed by atoms with E-state index in [4.69, 9.17) is 0 Å². The molecule has 0 radical (unpaired) electrons. The molecule has 0 bridgehead atoms. The van der Waals surface area contributed by atoms with Crippen LogP contribution in [0.4, 0.5) is 0 Å². The van der Waals surface area contributed by atoms with E-state index >= 15 is 0 Å². The van der Waals surface area contributed by atoms with E-state index in [-0.39, 0.29) is 0 Å². The minimum atomic E-state index is -0.748. The standard InChI is InChI=1S/C17H34P/c1-7-13-17(4,5)14-18(6,8-2)16-11-9-15(3)10-12-16/h9,16H,7-8,10-14H2,1-6H3/q+1. The van der Waals surface area contributed by atoms with Gasteiger partial charge in [-0.2, -0.15) is 0 Å². The molecule has 0 aromatic heterocycles. The summed E-state index contributed by atoms with van der Waals surface area (Å²) in [5.41, 5.74) is 3.20. The lowest BCUT2D eigenvalue weighted by Crippen LogP contribution is -2.27. The van der Waals surface area contributed by atoms with E-state index in [0.29, 0.717) is 5.41 Å². The smallest absolute Gasteiger partial charge is 0.0732 e. The van der Waals surface area contributed by atoms with Crippen LogP contribution in [-0.2, 0) is 0 Å². The Morgan fingerprint density at radius 2 is 2.00 bits per heavy atom. The largest absolute Gasteiger partial charge is 0.0817 e. The fraction of sp³-hybridized carbons (Fsp3) is 0.882. The fourth-order valence-corrected chi connectivity index (χ4v) is 8.23. The predicted octanol–water partition coefficient (Wildman–Crippen LogP) is 5.98. The topological polar surface area (TPSA) is 0 Å². The van der Waals surface area contributed by atoms with Crippen LogP contribution in [0.2, 0.25) is 0 Å². The van der Waals surface area contributed by atoms with Crippen LogP contribution in [0.3, 0.4) is 0 Å². The van der Waals surface area contributed by atoms with Gasteiger partial charge < -0.3 is 0 Å². The normalized spacial score (nSPS) is 24.6. The highest BCUT2D eigenvalue weighted by molar-refractivity contribution is 7.75. The zero-order valence-electron chi connectivity index (χ0n) is 13.6. The highest BCUT2D eigenvalue weighted by Gasteiger charge is 2.43. The Hall–Kier alpha value is 0.170. The third-order valence-corrected chi connectivity index (χ3v) is 10.2. The first-order valence-corrected chi connectivity index (χ1v) is 10.5. The molecule has 1 rings (SSSR count). The second-order valence-corrected chi connectivity index (χ2v) is 12.0. The van der Waals surface area contributed by atoms with E-state index < -0.39 is 7.26 Å². The van der Waals surface area contributed by atoms with Crippen molar-refractivity contribution in [1.82, 2.24) is 0 Å². The number of rotatable bonds is 6. The minimum Gasteiger partial charge on any atom is -0.0817 e. The van der Waals surface area contributed by atoms with Crippen LogP contribution in [0.15, 0.2) is 11.6 Å². The van der Waals surface area contributed by atoms with E-state index in [2.05, 4.69) is 47.4 Å². The summed E-state index contributed by atoms with van der Waals surface area (Å²) >= 11 is 0. The Morgan fingerprint density at radius 3 is 2.44 bits per heavy atom. The molecule has 2 unspecified atom stereocenters. The molecule has 1 aliphatic rings. The van der Waals surface area contributed by atoms with Crippen molar-refractivity contribution in [2.75, 3.05) is 19.0 Å². The first kappa shape index (κ1) is 16.2. The monoisotopic (exact) mass is 269 g/mol. The van der Waals surface area contributed by atoms with Crippen LogP contribution < -0.4 is 0 Å². The summed E-state index contributed by atoms with van der Waals surface area (Å²) in [5.74, 6) is 0. The maximum Gasteiger partial charge on any atom is 0.0732 e. The van der Waals surface area contributed by atoms with Gasteiger partial charge in [0.1, 0.15) is 0 Å². The fourth-order valence-electron chi connectivity index (χ4n) is 3.75. The van der Waals surface area contributed by atoms with E-state index in [1.807, 2.05) is 0 Å². The van der Waals surface area contributed by atoms with Gasteiger partial charge in [0.2, 0.25) is 0 Å². The number of hydrogen-bond donors (Lipinski definition) is 0. The zero-order valence-corrected chi connectivity index (χ0v) is 14.4. The maximum atomic E-state index is 2.66. The van der Waals surface area contributed by atoms with Gasteiger partial charge in [-0.05, 0) is 38.5 Å². The molecule has 0 saturated carbocycles. The molecule has 0 fully saturated rings. The van der Waals surface area contributed by atoms with Crippen LogP contribution >= 0.6 is 7.26 Å². The predicted molar refractivity (Wildman–Crippen MR) is 88.3 cm³/mol. The van der Waals surface area contributed by atoms with Crippen LogP contribution in [-0.4, -0.2) is 24.6 Å². The van der Waals surface area contributed by atoms with Crippen molar-refractivity contribution < 1.29 is 0 Å². The highest BCUT2D eigenvalue weighted by atomic mass is 31.2. The molecule has 0 aliphatic heterocycles. The molecule has 1 aliphatic carbocycles. The summed E-state index contributed by atoms with van der Waals surface area (Å²) in [5, 5.41) is 0. The average molecular weight is 269 g/mol. The van der Waals surface area contributed by atoms with Gasteiger partial charge in [-0.15, -0.1) is 0 Å². The molecule has 0 aromatic rings. The lowest BCUT2D eigenvalue weighted by atomic mass is 9.91. The molecular weight excluding hydrogens is 235 g/mol. The van der Waals surface area contributed by atoms with Gasteiger partial charge in [0.05, 0.1) is 18.0 Å². The lowest BCUT2D eigenvalue weighted by molar-refractivity contribution is 0.377. The van der Waals surface area contributed by atoms with Gasteiger partial charge in [-0.1, -0.05) is 38.8 Å². The summed E-state index contributed by atoms with van der Waals surface area (Å²) < 4.78 is 0. The summed E-state index contributed by atoms with van der Waals surface area (Å²) in [6.45, 7) is 14.7. The summed E-state index contributed by atoms with van der Waals surface area (Å²) in [4.78, 5) is 0. The van der Waals surface area contributed by atoms with Gasteiger partial charge in [0.25, 0.3) is 0 Å². The highest BCUT2D eigenvalue weighted by Crippen LogP contribution is 2.65. The second kappa shape index (κ2) is 6.56. The Labute approximate surface area is 116 Å². The Bertz CT molecular complexity index is 290. The van der Waals surface area contributed by atoms with E-state index in [1.165, 1.54) is 44.4 Å². The molecule has 106 valence electrons. The molecule has 0 nitrogen and oxygen atoms in total. The molecule has 2 atom stereocenters. The average Bonchev–Trinajstić information content (AvgIpc) is 2.28. The van der Waals surface area contributed by atoms with Crippen molar-refractivity contribution in [3.63, 3.8) is 0 Å². The molecule has 0 heterocycles. The third-order valence-electron chi connectivity index (χ3n) is 4.93. The molecule has 0 spiro atoms. The van der Waals surface area contributed by atoms with Crippen molar-refractivity contribution in [1.29, 1.82) is 0 Å². The quantitative estimate of drug-likeness (QED) is 0.411. The van der Waals surface area contributed by atoms with Crippen LogP contribution in [0.5, 0.6) is 0 Å². The second-order valence-electron chi connectivity index (χ2n) is 7.35. The Morgan fingerprint density at radius 1 is 1.33 bits per heavy atom. The summed E-state index contributed by atoms with van der Waals surface area (Å²) in [7, 11) is -0.748. The molecule has 0 N–H and O–H groups in total. The molecule has 0 saturated heterocycles. The first-order valence-electron chi connectivity index (χ1n) is 7.83. The maximum absolute atomic E-state index is 2.66. The lowest BCUT2D eigenvalue weighted by Gasteiger charge is -2.38. The molecule has 18 heavy (non-hydrogen) atoms. The van der Waals surface area contributed by atoms with Crippen LogP contribution in [0.25, 0.3) is 0 Å². The van der Waals surface area contributed by atoms with Crippen LogP contribution in [0.1, 0.15) is 66.7 Å². The number of allylic oxidation sites excluding steroid dienone is 2. The Balaban J connectivity index is 2.73. The Kier molecular flexibility index (Phi) is 5.91. The van der Waals surface area contributed by atoms with Crippen molar-refractivity contribution in [3.05, 3.63) is 11.6 Å². The zero-order chi connectivity index (χ0) is 13.8. The van der Waals surface area contributed by atoms with Gasteiger partial charge in [-0.3, -0.25) is 0 Å². The van der Waals surface area contributed by atoms with Crippen molar-refractivity contribution in [3.8, 4) is 0 Å². The van der Waals surface area contributed by atoms with Crippen LogP contribution in [0, 0.1) is 5.41 Å². The van der Waals surface area contributed by atoms with Gasteiger partial charge in [0, 0.05) is 20.3 Å². The van der Waals surface area contributed by atoms with E-state index in [9.17, 15) is 0 Å². The van der Waals surface area contributed by atoms with Crippen molar-refractivity contribution in [2.45, 2.75) is 72.4 Å². The number of hydrogen-bond acceptors (Lipinski definition) is 0. The SMILES string of the molecule is CCCC(C)(C)C[P+](C)(CC)C1CC=C(C)CC1. The van der Waals surface area contributed by atoms with Gasteiger partial charge in [-0.25, -0.2) is 0 Å². The summed E-state index contributed by atoms with van der Waals surface area (Å²) in [6, 6.07) is 0. The molecule has 0 aromatic carbocycles. The summed E-state index contributed by atoms with van der Waals surface area (Å²) in [6.07, 6.45) is 12.4. The third kappa shape index (κ3) is 4.37. The van der Waals surface area contributed by atoms with Gasteiger partial charge in [0.15, 0.2) is 0 Å². The molecule has 0 amide bonds. The minimum absolute atomic E-state index is 0.559. The molecule has 1 heteroatoms. The first-order chi connectivity index (χ1) is 8.33. The van der Waals surface area contributed by atoms with Crippen molar-refractivity contribution in [2.24, 2.45) is 5.41 Å². The molecular formula is C17H34P+. The van der Waals surface area contributed by atoms with E-state index in [1.54, 1.807) is 5.57 Å².